The van der Waals surface area contributed by atoms with Gasteiger partial charge < -0.3 is 14.6 Å². The Morgan fingerprint density at radius 2 is 1.84 bits per heavy atom. The lowest BCUT2D eigenvalue weighted by Gasteiger charge is -2.24. The van der Waals surface area contributed by atoms with Crippen molar-refractivity contribution in [2.24, 2.45) is 0 Å². The summed E-state index contributed by atoms with van der Waals surface area (Å²) in [6.45, 7) is 4.23. The van der Waals surface area contributed by atoms with Gasteiger partial charge in [0.1, 0.15) is 11.6 Å². The number of aliphatic hydroxyl groups is 1. The van der Waals surface area contributed by atoms with Gasteiger partial charge in [0.2, 0.25) is 0 Å². The molecule has 1 N–H and O–H groups in total. The number of ketones is 1. The molecule has 3 aromatic carbocycles. The summed E-state index contributed by atoms with van der Waals surface area (Å²) in [6.07, 6.45) is 0. The highest BCUT2D eigenvalue weighted by Gasteiger charge is 2.48. The molecule has 2 heterocycles. The second-order valence-corrected chi connectivity index (χ2v) is 9.50. The highest BCUT2D eigenvalue weighted by Crippen LogP contribution is 2.45. The fraction of sp³-hybridized carbons (Fsp3) is 0.179. The van der Waals surface area contributed by atoms with E-state index in [2.05, 4.69) is 4.98 Å². The van der Waals surface area contributed by atoms with E-state index in [1.54, 1.807) is 18.2 Å². The van der Waals surface area contributed by atoms with E-state index in [1.165, 1.54) is 47.6 Å². The van der Waals surface area contributed by atoms with Crippen LogP contribution < -0.4 is 14.4 Å². The molecule has 1 aliphatic heterocycles. The monoisotopic (exact) mass is 518 g/mol. The Morgan fingerprint density at radius 1 is 1.08 bits per heavy atom. The lowest BCUT2D eigenvalue weighted by atomic mass is 9.95. The molecule has 188 valence electrons. The molecular weight excluding hydrogens is 495 g/mol. The van der Waals surface area contributed by atoms with Crippen LogP contribution in [0, 0.1) is 12.7 Å². The Balaban J connectivity index is 1.73. The molecule has 1 atom stereocenters. The first kappa shape index (κ1) is 24.5. The van der Waals surface area contributed by atoms with Crippen LogP contribution in [0.5, 0.6) is 11.5 Å². The molecular formula is C28H23FN2O5S. The van der Waals surface area contributed by atoms with Crippen molar-refractivity contribution >= 4 is 44.1 Å². The number of aliphatic hydroxyl groups excluding tert-OH is 1. The van der Waals surface area contributed by atoms with Crippen molar-refractivity contribution < 1.29 is 28.6 Å². The van der Waals surface area contributed by atoms with Crippen molar-refractivity contribution in [3.63, 3.8) is 0 Å². The predicted molar refractivity (Wildman–Crippen MR) is 140 cm³/mol. The molecule has 1 amide bonds. The minimum atomic E-state index is -1.00. The molecule has 9 heteroatoms. The maximum atomic E-state index is 13.5. The number of methoxy groups -OCH3 is 1. The average molecular weight is 519 g/mol. The van der Waals surface area contributed by atoms with E-state index in [4.69, 9.17) is 9.47 Å². The number of benzene rings is 3. The fourth-order valence-corrected chi connectivity index (χ4v) is 5.45. The number of Topliss-reactive ketones (excluding diaryl/α,β-unsaturated/α-hetero) is 1. The van der Waals surface area contributed by atoms with E-state index < -0.39 is 29.3 Å². The third kappa shape index (κ3) is 4.31. The van der Waals surface area contributed by atoms with Crippen LogP contribution in [0.15, 0.2) is 66.2 Å². The summed E-state index contributed by atoms with van der Waals surface area (Å²) in [7, 11) is 1.49. The molecule has 0 saturated carbocycles. The van der Waals surface area contributed by atoms with Crippen LogP contribution in [0.4, 0.5) is 9.52 Å². The average Bonchev–Trinajstić information content (AvgIpc) is 3.42. The number of hydrogen-bond acceptors (Lipinski definition) is 7. The van der Waals surface area contributed by atoms with Gasteiger partial charge in [0, 0.05) is 5.56 Å². The molecule has 0 aliphatic carbocycles. The van der Waals surface area contributed by atoms with Crippen LogP contribution in [-0.2, 0) is 9.59 Å². The minimum absolute atomic E-state index is 0.127. The van der Waals surface area contributed by atoms with Crippen molar-refractivity contribution in [3.8, 4) is 11.5 Å². The first-order valence-electron chi connectivity index (χ1n) is 11.6. The number of carbonyl (C=O) groups is 2. The van der Waals surface area contributed by atoms with Crippen LogP contribution in [0.1, 0.15) is 29.7 Å². The van der Waals surface area contributed by atoms with Gasteiger partial charge in [0.25, 0.3) is 5.78 Å². The van der Waals surface area contributed by atoms with E-state index in [-0.39, 0.29) is 11.1 Å². The molecule has 37 heavy (non-hydrogen) atoms. The van der Waals surface area contributed by atoms with E-state index in [1.807, 2.05) is 32.0 Å². The Kier molecular flexibility index (Phi) is 6.39. The van der Waals surface area contributed by atoms with Crippen LogP contribution >= 0.6 is 11.3 Å². The number of halogens is 1. The topological polar surface area (TPSA) is 89.0 Å². The van der Waals surface area contributed by atoms with E-state index in [0.717, 1.165) is 10.3 Å². The van der Waals surface area contributed by atoms with Crippen molar-refractivity contribution in [3.05, 3.63) is 88.7 Å². The molecule has 0 bridgehead atoms. The molecule has 4 aromatic rings. The molecule has 7 nitrogen and oxygen atoms in total. The summed E-state index contributed by atoms with van der Waals surface area (Å²) in [5.41, 5.74) is 2.32. The summed E-state index contributed by atoms with van der Waals surface area (Å²) >= 11 is 1.28. The lowest BCUT2D eigenvalue weighted by Crippen LogP contribution is -2.29. The summed E-state index contributed by atoms with van der Waals surface area (Å²) in [5, 5.41) is 11.5. The lowest BCUT2D eigenvalue weighted by molar-refractivity contribution is -0.132. The number of fused-ring (bicyclic) bond motifs is 1. The highest BCUT2D eigenvalue weighted by molar-refractivity contribution is 7.22. The SMILES string of the molecule is CCOc1ccc(C2/C(=C(\O)c3ccc(F)cc3)C(=O)C(=O)N2c2nc3ccc(C)cc3s2)cc1OC. The maximum Gasteiger partial charge on any atom is 0.301 e. The van der Waals surface area contributed by atoms with Crippen molar-refractivity contribution in [2.45, 2.75) is 19.9 Å². The summed E-state index contributed by atoms with van der Waals surface area (Å²) in [6, 6.07) is 14.9. The van der Waals surface area contributed by atoms with Gasteiger partial charge in [-0.15, -0.1) is 0 Å². The first-order chi connectivity index (χ1) is 17.8. The number of aromatic nitrogens is 1. The Hall–Kier alpha value is -4.24. The number of ether oxygens (including phenoxy) is 2. The summed E-state index contributed by atoms with van der Waals surface area (Å²) in [5.74, 6) is -1.68. The van der Waals surface area contributed by atoms with Crippen molar-refractivity contribution in [1.29, 1.82) is 0 Å². The standard InChI is InChI=1S/C28H23FN2O5S/c1-4-36-20-12-8-17(14-21(20)35-3)24-23(25(32)16-6-9-18(29)10-7-16)26(33)27(34)31(24)28-30-19-11-5-15(2)13-22(19)37-28/h5-14,24,32H,4H2,1-3H3/b25-23+. The number of carbonyl (C=O) groups excluding carboxylic acids is 2. The summed E-state index contributed by atoms with van der Waals surface area (Å²) in [4.78, 5) is 32.7. The van der Waals surface area contributed by atoms with Gasteiger partial charge in [-0.1, -0.05) is 23.5 Å². The molecule has 0 spiro atoms. The number of thiazole rings is 1. The smallest absolute Gasteiger partial charge is 0.301 e. The second kappa shape index (κ2) is 9.67. The number of anilines is 1. The quantitative estimate of drug-likeness (QED) is 0.198. The van der Waals surface area contributed by atoms with Crippen LogP contribution in [-0.4, -0.2) is 35.5 Å². The Bertz CT molecular complexity index is 1560. The van der Waals surface area contributed by atoms with Gasteiger partial charge in [-0.3, -0.25) is 14.5 Å². The van der Waals surface area contributed by atoms with E-state index in [0.29, 0.717) is 34.3 Å². The van der Waals surface area contributed by atoms with Crippen molar-refractivity contribution in [2.75, 3.05) is 18.6 Å². The van der Waals surface area contributed by atoms with Gasteiger partial charge in [-0.05, 0) is 73.5 Å². The van der Waals surface area contributed by atoms with Gasteiger partial charge in [0.05, 0.1) is 35.5 Å². The van der Waals surface area contributed by atoms with Crippen LogP contribution in [0.2, 0.25) is 0 Å². The molecule has 1 fully saturated rings. The van der Waals surface area contributed by atoms with Crippen LogP contribution in [0.3, 0.4) is 0 Å². The number of hydrogen-bond donors (Lipinski definition) is 1. The summed E-state index contributed by atoms with van der Waals surface area (Å²) < 4.78 is 25.5. The maximum absolute atomic E-state index is 13.5. The normalized spacial score (nSPS) is 17.0. The molecule has 0 radical (unpaired) electrons. The molecule has 1 aromatic heterocycles. The molecule has 1 aliphatic rings. The predicted octanol–water partition coefficient (Wildman–Crippen LogP) is 5.78. The number of nitrogens with zero attached hydrogens (tertiary/aromatic N) is 2. The van der Waals surface area contributed by atoms with Gasteiger partial charge in [0.15, 0.2) is 16.6 Å². The minimum Gasteiger partial charge on any atom is -0.507 e. The Morgan fingerprint density at radius 3 is 2.54 bits per heavy atom. The molecule has 1 saturated heterocycles. The molecule has 5 rings (SSSR count). The number of aryl methyl sites for hydroxylation is 1. The fourth-order valence-electron chi connectivity index (χ4n) is 4.36. The van der Waals surface area contributed by atoms with E-state index in [9.17, 15) is 19.1 Å². The number of amides is 1. The number of rotatable bonds is 6. The van der Waals surface area contributed by atoms with E-state index >= 15 is 0 Å². The third-order valence-electron chi connectivity index (χ3n) is 6.10. The zero-order chi connectivity index (χ0) is 26.3. The third-order valence-corrected chi connectivity index (χ3v) is 7.12. The highest BCUT2D eigenvalue weighted by atomic mass is 32.1. The van der Waals surface area contributed by atoms with Gasteiger partial charge in [-0.2, -0.15) is 0 Å². The van der Waals surface area contributed by atoms with Crippen LogP contribution in [0.25, 0.3) is 16.0 Å². The zero-order valence-corrected chi connectivity index (χ0v) is 21.1. The van der Waals surface area contributed by atoms with Crippen molar-refractivity contribution in [1.82, 2.24) is 4.98 Å². The Labute approximate surface area is 216 Å². The van der Waals surface area contributed by atoms with Gasteiger partial charge in [-0.25, -0.2) is 9.37 Å². The largest absolute Gasteiger partial charge is 0.507 e. The zero-order valence-electron chi connectivity index (χ0n) is 20.3. The van der Waals surface area contributed by atoms with Gasteiger partial charge >= 0.3 is 5.91 Å². The first-order valence-corrected chi connectivity index (χ1v) is 12.4. The molecule has 1 unspecified atom stereocenters. The second-order valence-electron chi connectivity index (χ2n) is 8.49.